The van der Waals surface area contributed by atoms with E-state index in [0.29, 0.717) is 11.4 Å². The zero-order valence-corrected chi connectivity index (χ0v) is 13.6. The van der Waals surface area contributed by atoms with Crippen LogP contribution < -0.4 is 16.0 Å². The molecule has 0 aromatic heterocycles. The summed E-state index contributed by atoms with van der Waals surface area (Å²) in [7, 11) is 0. The maximum atomic E-state index is 12.7. The SMILES string of the molecule is Nc1ccccc1N1C(=O)C(CC(=O)O)SC1Nc1ccccc1. The Morgan fingerprint density at radius 2 is 1.83 bits per heavy atom. The van der Waals surface area contributed by atoms with E-state index in [2.05, 4.69) is 5.32 Å². The number of nitrogens with one attached hydrogen (secondary N) is 1. The number of thioether (sulfide) groups is 1. The van der Waals surface area contributed by atoms with Gasteiger partial charge in [0, 0.05) is 5.69 Å². The molecule has 6 nitrogen and oxygen atoms in total. The third-order valence-corrected chi connectivity index (χ3v) is 4.94. The topological polar surface area (TPSA) is 95.7 Å². The number of carboxylic acid groups (broad SMARTS) is 1. The van der Waals surface area contributed by atoms with Crippen molar-refractivity contribution in [2.45, 2.75) is 17.2 Å². The third-order valence-electron chi connectivity index (χ3n) is 3.66. The van der Waals surface area contributed by atoms with Crippen LogP contribution in [0.5, 0.6) is 0 Å². The van der Waals surface area contributed by atoms with Crippen molar-refractivity contribution in [1.29, 1.82) is 0 Å². The van der Waals surface area contributed by atoms with E-state index >= 15 is 0 Å². The molecular weight excluding hydrogens is 326 g/mol. The minimum absolute atomic E-state index is 0.223. The van der Waals surface area contributed by atoms with E-state index in [9.17, 15) is 9.59 Å². The van der Waals surface area contributed by atoms with E-state index < -0.39 is 16.7 Å². The van der Waals surface area contributed by atoms with Gasteiger partial charge in [0.1, 0.15) is 0 Å². The molecule has 7 heteroatoms. The number of nitrogen functional groups attached to an aromatic ring is 1. The van der Waals surface area contributed by atoms with Gasteiger partial charge < -0.3 is 16.2 Å². The van der Waals surface area contributed by atoms with Crippen LogP contribution in [0.1, 0.15) is 6.42 Å². The van der Waals surface area contributed by atoms with Crippen molar-refractivity contribution in [3.63, 3.8) is 0 Å². The molecule has 24 heavy (non-hydrogen) atoms. The minimum Gasteiger partial charge on any atom is -0.481 e. The first-order valence-electron chi connectivity index (χ1n) is 7.42. The summed E-state index contributed by atoms with van der Waals surface area (Å²) in [6, 6.07) is 16.5. The number of rotatable bonds is 5. The quantitative estimate of drug-likeness (QED) is 0.722. The number of anilines is 3. The fraction of sp³-hybridized carbons (Fsp3) is 0.176. The molecule has 0 spiro atoms. The number of carboxylic acids is 1. The average molecular weight is 343 g/mol. The number of nitrogens with two attached hydrogens (primary N) is 1. The second-order valence-electron chi connectivity index (χ2n) is 5.35. The Bertz CT molecular complexity index is 754. The van der Waals surface area contributed by atoms with Crippen LogP contribution in [-0.2, 0) is 9.59 Å². The molecule has 4 N–H and O–H groups in total. The van der Waals surface area contributed by atoms with Gasteiger partial charge in [-0.3, -0.25) is 14.5 Å². The minimum atomic E-state index is -0.998. The van der Waals surface area contributed by atoms with Gasteiger partial charge in [-0.2, -0.15) is 0 Å². The number of hydrogen-bond acceptors (Lipinski definition) is 5. The summed E-state index contributed by atoms with van der Waals surface area (Å²) < 4.78 is 0. The summed E-state index contributed by atoms with van der Waals surface area (Å²) in [6.45, 7) is 0. The third kappa shape index (κ3) is 3.30. The molecule has 1 aliphatic rings. The summed E-state index contributed by atoms with van der Waals surface area (Å²) in [5.74, 6) is -1.25. The number of carbonyl (C=O) groups is 2. The number of carbonyl (C=O) groups excluding carboxylic acids is 1. The van der Waals surface area contributed by atoms with E-state index in [1.165, 1.54) is 11.8 Å². The zero-order chi connectivity index (χ0) is 17.1. The van der Waals surface area contributed by atoms with Crippen LogP contribution in [0.3, 0.4) is 0 Å². The fourth-order valence-corrected chi connectivity index (χ4v) is 3.89. The Hall–Kier alpha value is -2.67. The molecule has 2 aromatic carbocycles. The number of para-hydroxylation sites is 3. The summed E-state index contributed by atoms with van der Waals surface area (Å²) in [6.07, 6.45) is -0.223. The molecule has 1 aliphatic heterocycles. The van der Waals surface area contributed by atoms with Gasteiger partial charge in [-0.1, -0.05) is 30.3 Å². The van der Waals surface area contributed by atoms with E-state index in [1.807, 2.05) is 30.3 Å². The van der Waals surface area contributed by atoms with E-state index in [4.69, 9.17) is 10.8 Å². The molecule has 2 atom stereocenters. The lowest BCUT2D eigenvalue weighted by atomic mass is 10.2. The van der Waals surface area contributed by atoms with Crippen LogP contribution in [0.4, 0.5) is 17.1 Å². The molecular formula is C17H17N3O3S. The van der Waals surface area contributed by atoms with Gasteiger partial charge in [-0.25, -0.2) is 0 Å². The second kappa shape index (κ2) is 6.84. The van der Waals surface area contributed by atoms with Crippen LogP contribution in [0, 0.1) is 0 Å². The molecule has 0 aliphatic carbocycles. The van der Waals surface area contributed by atoms with Gasteiger partial charge in [0.2, 0.25) is 5.91 Å². The molecule has 124 valence electrons. The number of benzene rings is 2. The Kier molecular flexibility index (Phi) is 4.61. The zero-order valence-electron chi connectivity index (χ0n) is 12.8. The van der Waals surface area contributed by atoms with Crippen LogP contribution >= 0.6 is 11.8 Å². The molecule has 1 heterocycles. The van der Waals surface area contributed by atoms with Gasteiger partial charge >= 0.3 is 5.97 Å². The van der Waals surface area contributed by atoms with Crippen molar-refractivity contribution < 1.29 is 14.7 Å². The molecule has 2 aromatic rings. The van der Waals surface area contributed by atoms with Gasteiger partial charge in [0.15, 0.2) is 5.50 Å². The molecule has 1 amide bonds. The van der Waals surface area contributed by atoms with Crippen LogP contribution in [0.2, 0.25) is 0 Å². The van der Waals surface area contributed by atoms with Gasteiger partial charge in [0.05, 0.1) is 23.0 Å². The monoisotopic (exact) mass is 343 g/mol. The van der Waals surface area contributed by atoms with Crippen molar-refractivity contribution >= 4 is 40.7 Å². The summed E-state index contributed by atoms with van der Waals surface area (Å²) >= 11 is 1.28. The Morgan fingerprint density at radius 1 is 1.17 bits per heavy atom. The highest BCUT2D eigenvalue weighted by atomic mass is 32.2. The van der Waals surface area contributed by atoms with Gasteiger partial charge in [-0.05, 0) is 24.3 Å². The van der Waals surface area contributed by atoms with E-state index in [-0.39, 0.29) is 12.3 Å². The first kappa shape index (κ1) is 16.2. The smallest absolute Gasteiger partial charge is 0.305 e. The maximum absolute atomic E-state index is 12.7. The number of amides is 1. The normalized spacial score (nSPS) is 20.2. The largest absolute Gasteiger partial charge is 0.481 e. The number of hydrogen-bond donors (Lipinski definition) is 3. The highest BCUT2D eigenvalue weighted by Crippen LogP contribution is 2.39. The van der Waals surface area contributed by atoms with Crippen LogP contribution in [0.15, 0.2) is 54.6 Å². The maximum Gasteiger partial charge on any atom is 0.305 e. The highest BCUT2D eigenvalue weighted by Gasteiger charge is 2.42. The highest BCUT2D eigenvalue weighted by molar-refractivity contribution is 8.02. The molecule has 1 saturated heterocycles. The predicted octanol–water partition coefficient (Wildman–Crippen LogP) is 2.59. The van der Waals surface area contributed by atoms with Crippen molar-refractivity contribution in [3.8, 4) is 0 Å². The lowest BCUT2D eigenvalue weighted by molar-refractivity contribution is -0.138. The second-order valence-corrected chi connectivity index (χ2v) is 6.64. The lowest BCUT2D eigenvalue weighted by Crippen LogP contribution is -2.39. The standard InChI is InChI=1S/C17H17N3O3S/c18-12-8-4-5-9-13(12)20-16(23)14(10-15(21)22)24-17(20)19-11-6-2-1-3-7-11/h1-9,14,17,19H,10,18H2,(H,21,22). The Labute approximate surface area is 143 Å². The van der Waals surface area contributed by atoms with Gasteiger partial charge in [-0.15, -0.1) is 11.8 Å². The Balaban J connectivity index is 1.92. The van der Waals surface area contributed by atoms with Crippen LogP contribution in [-0.4, -0.2) is 27.7 Å². The molecule has 0 bridgehead atoms. The number of aliphatic carboxylic acids is 1. The summed E-state index contributed by atoms with van der Waals surface area (Å²) in [4.78, 5) is 25.3. The molecule has 1 fully saturated rings. The van der Waals surface area contributed by atoms with E-state index in [0.717, 1.165) is 5.69 Å². The summed E-state index contributed by atoms with van der Waals surface area (Å²) in [5, 5.41) is 11.7. The van der Waals surface area contributed by atoms with Gasteiger partial charge in [0.25, 0.3) is 0 Å². The molecule has 0 radical (unpaired) electrons. The molecule has 3 rings (SSSR count). The Morgan fingerprint density at radius 3 is 2.50 bits per heavy atom. The molecule has 0 saturated carbocycles. The van der Waals surface area contributed by atoms with Crippen LogP contribution in [0.25, 0.3) is 0 Å². The fourth-order valence-electron chi connectivity index (χ4n) is 2.57. The van der Waals surface area contributed by atoms with Crippen molar-refractivity contribution in [2.75, 3.05) is 16.0 Å². The summed E-state index contributed by atoms with van der Waals surface area (Å²) in [5.41, 5.74) is 7.50. The molecule has 2 unspecified atom stereocenters. The van der Waals surface area contributed by atoms with Crippen molar-refractivity contribution in [1.82, 2.24) is 0 Å². The van der Waals surface area contributed by atoms with Crippen molar-refractivity contribution in [2.24, 2.45) is 0 Å². The first-order chi connectivity index (χ1) is 11.6. The predicted molar refractivity (Wildman–Crippen MR) is 95.8 cm³/mol. The first-order valence-corrected chi connectivity index (χ1v) is 8.37. The lowest BCUT2D eigenvalue weighted by Gasteiger charge is -2.26. The van der Waals surface area contributed by atoms with Crippen molar-refractivity contribution in [3.05, 3.63) is 54.6 Å². The number of nitrogens with zero attached hydrogens (tertiary/aromatic N) is 1. The van der Waals surface area contributed by atoms with E-state index in [1.54, 1.807) is 29.2 Å². The average Bonchev–Trinajstić information content (AvgIpc) is 2.84.